The highest BCUT2D eigenvalue weighted by Gasteiger charge is 2.16. The van der Waals surface area contributed by atoms with Gasteiger partial charge in [-0.2, -0.15) is 0 Å². The van der Waals surface area contributed by atoms with E-state index in [-0.39, 0.29) is 17.5 Å². The number of benzene rings is 1. The Balaban J connectivity index is 1.65. The molecule has 0 radical (unpaired) electrons. The van der Waals surface area contributed by atoms with E-state index >= 15 is 0 Å². The zero-order valence-corrected chi connectivity index (χ0v) is 17.0. The Morgan fingerprint density at radius 1 is 0.935 bits per heavy atom. The number of ether oxygens (including phenoxy) is 1. The molecule has 4 aromatic rings. The molecule has 4 rings (SSSR count). The number of nitrogens with one attached hydrogen (secondary N) is 2. The summed E-state index contributed by atoms with van der Waals surface area (Å²) in [6, 6.07) is 4.99. The van der Waals surface area contributed by atoms with E-state index in [0.717, 1.165) is 5.69 Å². The largest absolute Gasteiger partial charge is 0.461 e. The minimum atomic E-state index is -0.403. The summed E-state index contributed by atoms with van der Waals surface area (Å²) in [6.45, 7) is 3.60. The number of furan rings is 1. The van der Waals surface area contributed by atoms with E-state index in [1.807, 2.05) is 0 Å². The molecular weight excluding hydrogens is 400 g/mol. The molecule has 0 aliphatic carbocycles. The Kier molecular flexibility index (Phi) is 5.27. The fraction of sp³-hybridized carbons (Fsp3) is 0.143. The fourth-order valence-electron chi connectivity index (χ4n) is 2.82. The molecule has 0 unspecified atom stereocenters. The smallest absolute Gasteiger partial charge is 0.271 e. The standard InChI is InChI=1S/C21H18N6O4/c1-11-7-25-18(9-23-11)27-20(28)13-5-16-14(4-12(2)30-16)17(6-13)31-19-10-24-15(8-26-19)21(29)22-3/h4-10H,1-3H3,(H,22,29)(H,25,27,28). The summed E-state index contributed by atoms with van der Waals surface area (Å²) in [7, 11) is 1.51. The lowest BCUT2D eigenvalue weighted by molar-refractivity contribution is 0.0956. The number of nitrogens with zero attached hydrogens (tertiary/aromatic N) is 4. The SMILES string of the molecule is CNC(=O)c1cnc(Oc2cc(C(=O)Nc3cnc(C)cn3)cc3oc(C)cc23)cn1. The van der Waals surface area contributed by atoms with Gasteiger partial charge in [0, 0.05) is 12.6 Å². The first kappa shape index (κ1) is 20.0. The van der Waals surface area contributed by atoms with Crippen LogP contribution in [0.2, 0.25) is 0 Å². The van der Waals surface area contributed by atoms with Crippen molar-refractivity contribution in [2.45, 2.75) is 13.8 Å². The van der Waals surface area contributed by atoms with Crippen LogP contribution in [0, 0.1) is 13.8 Å². The Labute approximate surface area is 176 Å². The second kappa shape index (κ2) is 8.19. The van der Waals surface area contributed by atoms with Crippen LogP contribution in [0.25, 0.3) is 11.0 Å². The summed E-state index contributed by atoms with van der Waals surface area (Å²) in [5, 5.41) is 5.83. The summed E-state index contributed by atoms with van der Waals surface area (Å²) in [6.07, 6.45) is 5.67. The molecule has 2 amide bonds. The summed E-state index contributed by atoms with van der Waals surface area (Å²) >= 11 is 0. The van der Waals surface area contributed by atoms with Crippen LogP contribution < -0.4 is 15.4 Å². The molecule has 0 spiro atoms. The van der Waals surface area contributed by atoms with Crippen molar-refractivity contribution in [3.8, 4) is 11.6 Å². The summed E-state index contributed by atoms with van der Waals surface area (Å²) in [4.78, 5) is 40.8. The number of amides is 2. The van der Waals surface area contributed by atoms with Gasteiger partial charge in [0.15, 0.2) is 5.82 Å². The first-order chi connectivity index (χ1) is 14.9. The lowest BCUT2D eigenvalue weighted by Crippen LogP contribution is -2.19. The maximum atomic E-state index is 12.8. The van der Waals surface area contributed by atoms with E-state index in [1.54, 1.807) is 38.2 Å². The van der Waals surface area contributed by atoms with Crippen molar-refractivity contribution in [2.24, 2.45) is 0 Å². The minimum Gasteiger partial charge on any atom is -0.461 e. The zero-order valence-electron chi connectivity index (χ0n) is 17.0. The zero-order chi connectivity index (χ0) is 22.0. The van der Waals surface area contributed by atoms with Crippen molar-refractivity contribution >= 4 is 28.6 Å². The van der Waals surface area contributed by atoms with Crippen LogP contribution in [0.5, 0.6) is 11.6 Å². The van der Waals surface area contributed by atoms with Gasteiger partial charge in [0.05, 0.1) is 35.9 Å². The number of hydrogen-bond acceptors (Lipinski definition) is 8. The van der Waals surface area contributed by atoms with Gasteiger partial charge in [0.25, 0.3) is 11.8 Å². The molecule has 3 heterocycles. The molecule has 3 aromatic heterocycles. The Hall–Kier alpha value is -4.34. The summed E-state index contributed by atoms with van der Waals surface area (Å²) in [5.74, 6) is 0.739. The lowest BCUT2D eigenvalue weighted by Gasteiger charge is -2.09. The molecule has 31 heavy (non-hydrogen) atoms. The normalized spacial score (nSPS) is 10.7. The maximum Gasteiger partial charge on any atom is 0.271 e. The van der Waals surface area contributed by atoms with Gasteiger partial charge in [0.2, 0.25) is 5.88 Å². The molecular formula is C21H18N6O4. The highest BCUT2D eigenvalue weighted by Crippen LogP contribution is 2.33. The number of carbonyl (C=O) groups excluding carboxylic acids is 2. The van der Waals surface area contributed by atoms with Gasteiger partial charge >= 0.3 is 0 Å². The van der Waals surface area contributed by atoms with Crippen LogP contribution in [-0.4, -0.2) is 38.8 Å². The van der Waals surface area contributed by atoms with E-state index in [4.69, 9.17) is 9.15 Å². The van der Waals surface area contributed by atoms with Gasteiger partial charge in [-0.15, -0.1) is 0 Å². The van der Waals surface area contributed by atoms with E-state index in [2.05, 4.69) is 30.6 Å². The highest BCUT2D eigenvalue weighted by molar-refractivity contribution is 6.06. The number of aromatic nitrogens is 4. The molecule has 10 heteroatoms. The van der Waals surface area contributed by atoms with E-state index in [0.29, 0.717) is 33.9 Å². The topological polar surface area (TPSA) is 132 Å². The molecule has 0 atom stereocenters. The van der Waals surface area contributed by atoms with Crippen molar-refractivity contribution < 1.29 is 18.7 Å². The summed E-state index contributed by atoms with van der Waals surface area (Å²) < 4.78 is 11.5. The maximum absolute atomic E-state index is 12.8. The lowest BCUT2D eigenvalue weighted by atomic mass is 10.1. The van der Waals surface area contributed by atoms with Crippen LogP contribution in [0.15, 0.2) is 47.4 Å². The third kappa shape index (κ3) is 4.32. The average molecular weight is 418 g/mol. The van der Waals surface area contributed by atoms with Crippen LogP contribution in [-0.2, 0) is 0 Å². The molecule has 0 fully saturated rings. The Morgan fingerprint density at radius 3 is 2.45 bits per heavy atom. The van der Waals surface area contributed by atoms with Gasteiger partial charge in [-0.25, -0.2) is 15.0 Å². The number of carbonyl (C=O) groups is 2. The van der Waals surface area contributed by atoms with Crippen molar-refractivity contribution in [1.29, 1.82) is 0 Å². The summed E-state index contributed by atoms with van der Waals surface area (Å²) in [5.41, 5.74) is 1.68. The number of hydrogen-bond donors (Lipinski definition) is 2. The van der Waals surface area contributed by atoms with E-state index < -0.39 is 5.91 Å². The second-order valence-electron chi connectivity index (χ2n) is 6.66. The van der Waals surface area contributed by atoms with Crippen LogP contribution >= 0.6 is 0 Å². The van der Waals surface area contributed by atoms with Crippen molar-refractivity contribution in [3.63, 3.8) is 0 Å². The fourth-order valence-corrected chi connectivity index (χ4v) is 2.82. The van der Waals surface area contributed by atoms with Gasteiger partial charge in [-0.1, -0.05) is 0 Å². The molecule has 156 valence electrons. The molecule has 0 aliphatic rings. The Bertz CT molecular complexity index is 1270. The van der Waals surface area contributed by atoms with Crippen LogP contribution in [0.3, 0.4) is 0 Å². The second-order valence-corrected chi connectivity index (χ2v) is 6.66. The molecule has 0 aliphatic heterocycles. The van der Waals surface area contributed by atoms with Crippen molar-refractivity contribution in [1.82, 2.24) is 25.3 Å². The van der Waals surface area contributed by atoms with Crippen LogP contribution in [0.4, 0.5) is 5.82 Å². The number of anilines is 1. The quantitative estimate of drug-likeness (QED) is 0.505. The Morgan fingerprint density at radius 2 is 1.77 bits per heavy atom. The third-order valence-corrected chi connectivity index (χ3v) is 4.31. The third-order valence-electron chi connectivity index (χ3n) is 4.31. The van der Waals surface area contributed by atoms with E-state index in [9.17, 15) is 9.59 Å². The molecule has 2 N–H and O–H groups in total. The van der Waals surface area contributed by atoms with Gasteiger partial charge < -0.3 is 19.8 Å². The predicted molar refractivity (Wildman–Crippen MR) is 111 cm³/mol. The first-order valence-corrected chi connectivity index (χ1v) is 9.29. The van der Waals surface area contributed by atoms with Gasteiger partial charge in [-0.3, -0.25) is 14.6 Å². The molecule has 0 bridgehead atoms. The highest BCUT2D eigenvalue weighted by atomic mass is 16.5. The van der Waals surface area contributed by atoms with Crippen molar-refractivity contribution in [3.05, 3.63) is 65.7 Å². The molecule has 10 nitrogen and oxygen atoms in total. The van der Waals surface area contributed by atoms with Gasteiger partial charge in [-0.05, 0) is 32.0 Å². The molecule has 0 saturated heterocycles. The number of fused-ring (bicyclic) bond motifs is 1. The number of rotatable bonds is 5. The first-order valence-electron chi connectivity index (χ1n) is 9.29. The minimum absolute atomic E-state index is 0.159. The number of aryl methyl sites for hydroxylation is 2. The molecule has 1 aromatic carbocycles. The van der Waals surface area contributed by atoms with Gasteiger partial charge in [0.1, 0.15) is 22.8 Å². The monoisotopic (exact) mass is 418 g/mol. The van der Waals surface area contributed by atoms with Crippen LogP contribution in [0.1, 0.15) is 32.3 Å². The van der Waals surface area contributed by atoms with E-state index in [1.165, 1.54) is 25.6 Å². The predicted octanol–water partition coefficient (Wildman–Crippen LogP) is 3.03. The van der Waals surface area contributed by atoms with Crippen molar-refractivity contribution in [2.75, 3.05) is 12.4 Å². The average Bonchev–Trinajstić information content (AvgIpc) is 3.15. The molecule has 0 saturated carbocycles.